The van der Waals surface area contributed by atoms with E-state index in [9.17, 15) is 19.3 Å². The lowest BCUT2D eigenvalue weighted by Gasteiger charge is -2.07. The summed E-state index contributed by atoms with van der Waals surface area (Å²) in [7, 11) is 0. The first kappa shape index (κ1) is 15.4. The molecule has 2 aromatic rings. The maximum Gasteiger partial charge on any atom is 0.269 e. The molecule has 1 amide bonds. The third-order valence-corrected chi connectivity index (χ3v) is 2.82. The third-order valence-electron chi connectivity index (χ3n) is 2.82. The Kier molecular flexibility index (Phi) is 5.02. The minimum absolute atomic E-state index is 0.00489. The Hall–Kier alpha value is -2.96. The molecule has 7 heteroatoms. The van der Waals surface area contributed by atoms with Gasteiger partial charge in [0.15, 0.2) is 6.61 Å². The molecular formula is C15H13FN2O4. The standard InChI is InChI=1S/C15H13FN2O4/c16-12-3-7-14(8-4-12)22-10-15(19)17-9-11-1-5-13(6-2-11)18(20)21/h1-8H,9-10H2,(H,17,19). The predicted octanol–water partition coefficient (Wildman–Crippen LogP) is 2.43. The second-order valence-corrected chi connectivity index (χ2v) is 4.44. The zero-order chi connectivity index (χ0) is 15.9. The summed E-state index contributed by atoms with van der Waals surface area (Å²) in [5, 5.41) is 13.1. The summed E-state index contributed by atoms with van der Waals surface area (Å²) >= 11 is 0. The van der Waals surface area contributed by atoms with Gasteiger partial charge in [-0.15, -0.1) is 0 Å². The molecule has 0 saturated carbocycles. The van der Waals surface area contributed by atoms with Gasteiger partial charge in [-0.3, -0.25) is 14.9 Å². The maximum absolute atomic E-state index is 12.7. The number of ether oxygens (including phenoxy) is 1. The van der Waals surface area contributed by atoms with E-state index >= 15 is 0 Å². The number of rotatable bonds is 6. The first-order valence-electron chi connectivity index (χ1n) is 6.43. The van der Waals surface area contributed by atoms with E-state index in [-0.39, 0.29) is 30.6 Å². The van der Waals surface area contributed by atoms with Crippen LogP contribution in [0.15, 0.2) is 48.5 Å². The lowest BCUT2D eigenvalue weighted by molar-refractivity contribution is -0.384. The summed E-state index contributed by atoms with van der Waals surface area (Å²) in [6, 6.07) is 11.2. The number of non-ortho nitro benzene ring substituents is 1. The Labute approximate surface area is 125 Å². The lowest BCUT2D eigenvalue weighted by Crippen LogP contribution is -2.28. The van der Waals surface area contributed by atoms with Crippen molar-refractivity contribution in [2.45, 2.75) is 6.54 Å². The maximum atomic E-state index is 12.7. The number of nitrogens with zero attached hydrogens (tertiary/aromatic N) is 1. The number of amides is 1. The predicted molar refractivity (Wildman–Crippen MR) is 76.8 cm³/mol. The van der Waals surface area contributed by atoms with E-state index in [0.717, 1.165) is 5.56 Å². The van der Waals surface area contributed by atoms with Crippen molar-refractivity contribution in [1.82, 2.24) is 5.32 Å². The molecule has 22 heavy (non-hydrogen) atoms. The number of carbonyl (C=O) groups excluding carboxylic acids is 1. The van der Waals surface area contributed by atoms with E-state index in [1.807, 2.05) is 0 Å². The van der Waals surface area contributed by atoms with Crippen LogP contribution >= 0.6 is 0 Å². The number of hydrogen-bond acceptors (Lipinski definition) is 4. The number of halogens is 1. The fourth-order valence-corrected chi connectivity index (χ4v) is 1.67. The van der Waals surface area contributed by atoms with Crippen molar-refractivity contribution in [1.29, 1.82) is 0 Å². The smallest absolute Gasteiger partial charge is 0.269 e. The normalized spacial score (nSPS) is 10.0. The van der Waals surface area contributed by atoms with Crippen LogP contribution in [0.3, 0.4) is 0 Å². The van der Waals surface area contributed by atoms with E-state index in [1.165, 1.54) is 36.4 Å². The molecule has 0 aliphatic rings. The van der Waals surface area contributed by atoms with Crippen LogP contribution in [0.5, 0.6) is 5.75 Å². The average molecular weight is 304 g/mol. The van der Waals surface area contributed by atoms with Gasteiger partial charge < -0.3 is 10.1 Å². The molecule has 0 atom stereocenters. The molecule has 0 bridgehead atoms. The van der Waals surface area contributed by atoms with Crippen molar-refractivity contribution >= 4 is 11.6 Å². The summed E-state index contributed by atoms with van der Waals surface area (Å²) in [5.74, 6) is -0.329. The highest BCUT2D eigenvalue weighted by Gasteiger charge is 2.06. The fourth-order valence-electron chi connectivity index (χ4n) is 1.67. The second kappa shape index (κ2) is 7.16. The Balaban J connectivity index is 1.77. The molecule has 0 heterocycles. The van der Waals surface area contributed by atoms with E-state index in [2.05, 4.69) is 5.32 Å². The number of hydrogen-bond donors (Lipinski definition) is 1. The quantitative estimate of drug-likeness (QED) is 0.656. The van der Waals surface area contributed by atoms with Gasteiger partial charge in [-0.2, -0.15) is 0 Å². The molecule has 0 unspecified atom stereocenters. The zero-order valence-corrected chi connectivity index (χ0v) is 11.5. The zero-order valence-electron chi connectivity index (χ0n) is 11.5. The number of carbonyl (C=O) groups is 1. The van der Waals surface area contributed by atoms with Crippen molar-refractivity contribution in [3.05, 3.63) is 70.0 Å². The topological polar surface area (TPSA) is 81.5 Å². The van der Waals surface area contributed by atoms with Gasteiger partial charge in [0.1, 0.15) is 11.6 Å². The second-order valence-electron chi connectivity index (χ2n) is 4.44. The minimum atomic E-state index is -0.487. The van der Waals surface area contributed by atoms with Crippen molar-refractivity contribution < 1.29 is 18.8 Å². The van der Waals surface area contributed by atoms with Crippen LogP contribution in [-0.2, 0) is 11.3 Å². The Morgan fingerprint density at radius 1 is 1.14 bits per heavy atom. The number of nitro groups is 1. The fraction of sp³-hybridized carbons (Fsp3) is 0.133. The SMILES string of the molecule is O=C(COc1ccc(F)cc1)NCc1ccc([N+](=O)[O-])cc1. The molecule has 6 nitrogen and oxygen atoms in total. The van der Waals surface area contributed by atoms with E-state index in [1.54, 1.807) is 12.1 Å². The largest absolute Gasteiger partial charge is 0.484 e. The Morgan fingerprint density at radius 2 is 1.77 bits per heavy atom. The van der Waals surface area contributed by atoms with Crippen LogP contribution in [-0.4, -0.2) is 17.4 Å². The molecule has 1 N–H and O–H groups in total. The summed E-state index contributed by atoms with van der Waals surface area (Å²) in [6.45, 7) is 0.0439. The summed E-state index contributed by atoms with van der Waals surface area (Å²) in [6.07, 6.45) is 0. The van der Waals surface area contributed by atoms with Crippen LogP contribution in [0.4, 0.5) is 10.1 Å². The molecule has 114 valence electrons. The van der Waals surface area contributed by atoms with Crippen molar-refractivity contribution in [2.24, 2.45) is 0 Å². The first-order valence-corrected chi connectivity index (χ1v) is 6.43. The number of benzene rings is 2. The van der Waals surface area contributed by atoms with Gasteiger partial charge in [0.25, 0.3) is 11.6 Å². The monoisotopic (exact) mass is 304 g/mol. The van der Waals surface area contributed by atoms with Crippen LogP contribution < -0.4 is 10.1 Å². The van der Waals surface area contributed by atoms with Gasteiger partial charge in [0.2, 0.25) is 0 Å². The highest BCUT2D eigenvalue weighted by atomic mass is 19.1. The Morgan fingerprint density at radius 3 is 2.36 bits per heavy atom. The third kappa shape index (κ3) is 4.55. The van der Waals surface area contributed by atoms with Crippen molar-refractivity contribution in [3.63, 3.8) is 0 Å². The Bertz CT molecular complexity index is 656. The van der Waals surface area contributed by atoms with E-state index < -0.39 is 4.92 Å². The van der Waals surface area contributed by atoms with Crippen LogP contribution in [0.25, 0.3) is 0 Å². The summed E-state index contributed by atoms with van der Waals surface area (Å²) in [4.78, 5) is 21.6. The van der Waals surface area contributed by atoms with Crippen LogP contribution in [0, 0.1) is 15.9 Å². The molecule has 0 spiro atoms. The van der Waals surface area contributed by atoms with Gasteiger partial charge >= 0.3 is 0 Å². The van der Waals surface area contributed by atoms with Crippen molar-refractivity contribution in [2.75, 3.05) is 6.61 Å². The lowest BCUT2D eigenvalue weighted by atomic mass is 10.2. The van der Waals surface area contributed by atoms with E-state index in [0.29, 0.717) is 5.75 Å². The molecule has 0 aromatic heterocycles. The summed E-state index contributed by atoms with van der Waals surface area (Å²) in [5.41, 5.74) is 0.732. The van der Waals surface area contributed by atoms with Gasteiger partial charge in [-0.05, 0) is 29.8 Å². The van der Waals surface area contributed by atoms with Crippen LogP contribution in [0.1, 0.15) is 5.56 Å². The minimum Gasteiger partial charge on any atom is -0.484 e. The molecule has 0 fully saturated rings. The van der Waals surface area contributed by atoms with Crippen LogP contribution in [0.2, 0.25) is 0 Å². The van der Waals surface area contributed by atoms with Gasteiger partial charge in [0.05, 0.1) is 4.92 Å². The van der Waals surface area contributed by atoms with Crippen molar-refractivity contribution in [3.8, 4) is 5.75 Å². The molecule has 0 aliphatic heterocycles. The summed E-state index contributed by atoms with van der Waals surface area (Å²) < 4.78 is 17.9. The highest BCUT2D eigenvalue weighted by Crippen LogP contribution is 2.12. The van der Waals surface area contributed by atoms with E-state index in [4.69, 9.17) is 4.74 Å². The average Bonchev–Trinajstić information content (AvgIpc) is 2.52. The molecule has 0 saturated heterocycles. The molecular weight excluding hydrogens is 291 g/mol. The molecule has 2 rings (SSSR count). The van der Waals surface area contributed by atoms with Gasteiger partial charge in [-0.25, -0.2) is 4.39 Å². The first-order chi connectivity index (χ1) is 10.5. The number of nitro benzene ring substituents is 1. The van der Waals surface area contributed by atoms with Gasteiger partial charge in [-0.1, -0.05) is 12.1 Å². The number of nitrogens with one attached hydrogen (secondary N) is 1. The molecule has 2 aromatic carbocycles. The van der Waals surface area contributed by atoms with Gasteiger partial charge in [0, 0.05) is 18.7 Å². The highest BCUT2D eigenvalue weighted by molar-refractivity contribution is 5.77. The molecule has 0 aliphatic carbocycles. The molecule has 0 radical (unpaired) electrons.